The Balaban J connectivity index is 1.75. The molecule has 0 unspecified atom stereocenters. The topological polar surface area (TPSA) is 81.8 Å². The first-order valence-electron chi connectivity index (χ1n) is 10.2. The zero-order valence-corrected chi connectivity index (χ0v) is 17.6. The lowest BCUT2D eigenvalue weighted by molar-refractivity contribution is -0.124. The molecule has 2 N–H and O–H groups in total. The molecule has 1 heterocycles. The Hall–Kier alpha value is -3.19. The number of para-hydroxylation sites is 3. The van der Waals surface area contributed by atoms with Gasteiger partial charge in [0, 0.05) is 18.2 Å². The third-order valence-electron chi connectivity index (χ3n) is 5.28. The lowest BCUT2D eigenvalue weighted by Crippen LogP contribution is -2.49. The normalized spacial score (nSPS) is 17.0. The van der Waals surface area contributed by atoms with Gasteiger partial charge >= 0.3 is 0 Å². The summed E-state index contributed by atoms with van der Waals surface area (Å²) in [5.74, 6) is -0.424. The average Bonchev–Trinajstić information content (AvgIpc) is 2.83. The molecular formula is C23H28N4O3. The van der Waals surface area contributed by atoms with Gasteiger partial charge in [-0.1, -0.05) is 37.3 Å². The second-order valence-electron chi connectivity index (χ2n) is 7.58. The Morgan fingerprint density at radius 2 is 1.83 bits per heavy atom. The van der Waals surface area contributed by atoms with E-state index >= 15 is 0 Å². The van der Waals surface area contributed by atoms with Crippen molar-refractivity contribution in [3.05, 3.63) is 54.6 Å². The first-order chi connectivity index (χ1) is 14.4. The van der Waals surface area contributed by atoms with Crippen molar-refractivity contribution in [2.24, 2.45) is 0 Å². The number of hydrogen-bond donors (Lipinski definition) is 2. The van der Waals surface area contributed by atoms with Gasteiger partial charge in [-0.3, -0.25) is 19.3 Å². The molecule has 0 saturated heterocycles. The van der Waals surface area contributed by atoms with Crippen LogP contribution in [0.25, 0.3) is 0 Å². The van der Waals surface area contributed by atoms with Crippen molar-refractivity contribution in [2.75, 3.05) is 29.1 Å². The minimum absolute atomic E-state index is 0.0631. The third kappa shape index (κ3) is 4.86. The SMILES string of the molecule is CC[C@@H](C(=O)Nc1ccccc1)N(C)CC(=O)N1c2ccccc2NC(=O)C[C@H]1C. The summed E-state index contributed by atoms with van der Waals surface area (Å²) in [6.07, 6.45) is 0.782. The van der Waals surface area contributed by atoms with Crippen LogP contribution in [0, 0.1) is 0 Å². The van der Waals surface area contributed by atoms with Crippen LogP contribution >= 0.6 is 0 Å². The van der Waals surface area contributed by atoms with Crippen molar-refractivity contribution in [3.8, 4) is 0 Å². The molecule has 0 aliphatic carbocycles. The highest BCUT2D eigenvalue weighted by atomic mass is 16.2. The number of nitrogens with zero attached hydrogens (tertiary/aromatic N) is 2. The Labute approximate surface area is 177 Å². The number of amides is 3. The standard InChI is InChI=1S/C23H28N4O3/c1-4-19(23(30)24-17-10-6-5-7-11-17)26(3)15-22(29)27-16(2)14-21(28)25-18-12-8-9-13-20(18)27/h5-13,16,19H,4,14-15H2,1-3H3,(H,24,30)(H,25,28)/t16-,19+/m1/s1. The van der Waals surface area contributed by atoms with E-state index in [1.807, 2.05) is 62.4 Å². The van der Waals surface area contributed by atoms with E-state index in [9.17, 15) is 14.4 Å². The molecule has 0 spiro atoms. The second-order valence-corrected chi connectivity index (χ2v) is 7.58. The molecule has 2 aromatic rings. The van der Waals surface area contributed by atoms with Gasteiger partial charge in [0.2, 0.25) is 17.7 Å². The first kappa shape index (κ1) is 21.5. The molecule has 0 saturated carbocycles. The number of likely N-dealkylation sites (N-methyl/N-ethyl adjacent to an activating group) is 1. The van der Waals surface area contributed by atoms with Crippen molar-refractivity contribution in [1.29, 1.82) is 0 Å². The smallest absolute Gasteiger partial charge is 0.241 e. The maximum atomic E-state index is 13.3. The molecule has 3 rings (SSSR count). The van der Waals surface area contributed by atoms with Crippen LogP contribution in [0.3, 0.4) is 0 Å². The summed E-state index contributed by atoms with van der Waals surface area (Å²) in [5.41, 5.74) is 2.02. The Bertz CT molecular complexity index is 916. The van der Waals surface area contributed by atoms with E-state index in [0.29, 0.717) is 17.8 Å². The van der Waals surface area contributed by atoms with E-state index < -0.39 is 6.04 Å². The van der Waals surface area contributed by atoms with Crippen LogP contribution in [-0.4, -0.2) is 48.3 Å². The largest absolute Gasteiger partial charge is 0.325 e. The molecule has 2 atom stereocenters. The van der Waals surface area contributed by atoms with Crippen LogP contribution < -0.4 is 15.5 Å². The number of hydrogen-bond acceptors (Lipinski definition) is 4. The Morgan fingerprint density at radius 1 is 1.17 bits per heavy atom. The van der Waals surface area contributed by atoms with E-state index in [2.05, 4.69) is 10.6 Å². The van der Waals surface area contributed by atoms with Crippen LogP contribution in [0.4, 0.5) is 17.1 Å². The van der Waals surface area contributed by atoms with Crippen molar-refractivity contribution in [1.82, 2.24) is 4.90 Å². The average molecular weight is 409 g/mol. The molecule has 0 radical (unpaired) electrons. The van der Waals surface area contributed by atoms with Gasteiger partial charge in [0.25, 0.3) is 0 Å². The molecule has 3 amide bonds. The van der Waals surface area contributed by atoms with Crippen LogP contribution in [0.5, 0.6) is 0 Å². The number of benzene rings is 2. The molecular weight excluding hydrogens is 380 g/mol. The maximum Gasteiger partial charge on any atom is 0.241 e. The van der Waals surface area contributed by atoms with Crippen LogP contribution in [0.2, 0.25) is 0 Å². The van der Waals surface area contributed by atoms with Crippen molar-refractivity contribution < 1.29 is 14.4 Å². The Morgan fingerprint density at radius 3 is 2.53 bits per heavy atom. The quantitative estimate of drug-likeness (QED) is 0.770. The molecule has 0 fully saturated rings. The molecule has 1 aliphatic heterocycles. The Kier molecular flexibility index (Phi) is 6.84. The molecule has 0 bridgehead atoms. The summed E-state index contributed by atoms with van der Waals surface area (Å²) < 4.78 is 0. The first-order valence-corrected chi connectivity index (χ1v) is 10.2. The zero-order chi connectivity index (χ0) is 21.7. The van der Waals surface area contributed by atoms with E-state index in [1.54, 1.807) is 22.9 Å². The minimum atomic E-state index is -0.452. The molecule has 0 aromatic heterocycles. The van der Waals surface area contributed by atoms with Crippen molar-refractivity contribution in [2.45, 2.75) is 38.8 Å². The molecule has 30 heavy (non-hydrogen) atoms. The fraction of sp³-hybridized carbons (Fsp3) is 0.348. The fourth-order valence-electron chi connectivity index (χ4n) is 3.81. The molecule has 1 aliphatic rings. The maximum absolute atomic E-state index is 13.3. The van der Waals surface area contributed by atoms with Gasteiger partial charge in [-0.05, 0) is 44.7 Å². The number of nitrogens with one attached hydrogen (secondary N) is 2. The summed E-state index contributed by atoms with van der Waals surface area (Å²) in [5, 5.41) is 5.77. The number of carbonyl (C=O) groups excluding carboxylic acids is 3. The predicted molar refractivity (Wildman–Crippen MR) is 118 cm³/mol. The van der Waals surface area contributed by atoms with Gasteiger partial charge in [0.15, 0.2) is 0 Å². The van der Waals surface area contributed by atoms with Crippen LogP contribution in [0.15, 0.2) is 54.6 Å². The van der Waals surface area contributed by atoms with Gasteiger partial charge in [0.1, 0.15) is 0 Å². The number of fused-ring (bicyclic) bond motifs is 1. The summed E-state index contributed by atoms with van der Waals surface area (Å²) in [7, 11) is 1.77. The van der Waals surface area contributed by atoms with E-state index in [0.717, 1.165) is 5.69 Å². The third-order valence-corrected chi connectivity index (χ3v) is 5.28. The van der Waals surface area contributed by atoms with Crippen molar-refractivity contribution >= 4 is 34.8 Å². The summed E-state index contributed by atoms with van der Waals surface area (Å²) >= 11 is 0. The molecule has 2 aromatic carbocycles. The predicted octanol–water partition coefficient (Wildman–Crippen LogP) is 3.10. The van der Waals surface area contributed by atoms with Gasteiger partial charge in [0.05, 0.1) is 24.0 Å². The van der Waals surface area contributed by atoms with E-state index in [1.165, 1.54) is 0 Å². The van der Waals surface area contributed by atoms with E-state index in [-0.39, 0.29) is 36.7 Å². The highest BCUT2D eigenvalue weighted by Gasteiger charge is 2.31. The summed E-state index contributed by atoms with van der Waals surface area (Å²) in [6.45, 7) is 3.84. The summed E-state index contributed by atoms with van der Waals surface area (Å²) in [4.78, 5) is 41.6. The van der Waals surface area contributed by atoms with Gasteiger partial charge in [-0.15, -0.1) is 0 Å². The van der Waals surface area contributed by atoms with Crippen LogP contribution in [0.1, 0.15) is 26.7 Å². The highest BCUT2D eigenvalue weighted by molar-refractivity contribution is 6.05. The lowest BCUT2D eigenvalue weighted by Gasteiger charge is -2.32. The number of carbonyl (C=O) groups is 3. The van der Waals surface area contributed by atoms with Gasteiger partial charge in [-0.2, -0.15) is 0 Å². The summed E-state index contributed by atoms with van der Waals surface area (Å²) in [6, 6.07) is 15.8. The van der Waals surface area contributed by atoms with Gasteiger partial charge in [-0.25, -0.2) is 0 Å². The number of anilines is 3. The molecule has 7 heteroatoms. The second kappa shape index (κ2) is 9.54. The monoisotopic (exact) mass is 408 g/mol. The molecule has 7 nitrogen and oxygen atoms in total. The zero-order valence-electron chi connectivity index (χ0n) is 17.6. The minimum Gasteiger partial charge on any atom is -0.325 e. The van der Waals surface area contributed by atoms with Crippen LogP contribution in [-0.2, 0) is 14.4 Å². The number of rotatable bonds is 6. The lowest BCUT2D eigenvalue weighted by atomic mass is 10.1. The van der Waals surface area contributed by atoms with E-state index in [4.69, 9.17) is 0 Å². The molecule has 158 valence electrons. The van der Waals surface area contributed by atoms with Crippen molar-refractivity contribution in [3.63, 3.8) is 0 Å². The highest BCUT2D eigenvalue weighted by Crippen LogP contribution is 2.31. The fourth-order valence-corrected chi connectivity index (χ4v) is 3.81. The van der Waals surface area contributed by atoms with Gasteiger partial charge < -0.3 is 15.5 Å².